The van der Waals surface area contributed by atoms with Crippen LogP contribution >= 0.6 is 0 Å². The lowest BCUT2D eigenvalue weighted by molar-refractivity contribution is -0.174. The lowest BCUT2D eigenvalue weighted by atomic mass is 9.52. The van der Waals surface area contributed by atoms with Gasteiger partial charge in [-0.1, -0.05) is 6.42 Å². The van der Waals surface area contributed by atoms with Crippen molar-refractivity contribution in [2.24, 2.45) is 11.3 Å². The summed E-state index contributed by atoms with van der Waals surface area (Å²) in [7, 11) is -3.68. The number of hydrogen-bond donors (Lipinski definition) is 1. The van der Waals surface area contributed by atoms with E-state index in [1.54, 1.807) is 0 Å². The minimum absolute atomic E-state index is 0.143. The summed E-state index contributed by atoms with van der Waals surface area (Å²) in [6.07, 6.45) is 4.75. The molecule has 3 aliphatic rings. The van der Waals surface area contributed by atoms with Gasteiger partial charge in [0.05, 0.1) is 30.7 Å². The molecule has 2 aliphatic carbocycles. The highest BCUT2D eigenvalue weighted by Gasteiger charge is 2.51. The maximum Gasteiger partial charge on any atom is 0.237 e. The zero-order valence-corrected chi connectivity index (χ0v) is 14.1. The van der Waals surface area contributed by atoms with Crippen LogP contribution in [0.5, 0.6) is 0 Å². The van der Waals surface area contributed by atoms with E-state index in [2.05, 4.69) is 4.72 Å². The van der Waals surface area contributed by atoms with Crippen molar-refractivity contribution in [3.05, 3.63) is 0 Å². The number of hydrogen-bond acceptors (Lipinski definition) is 5. The molecule has 1 unspecified atom stereocenters. The molecule has 1 amide bonds. The predicted molar refractivity (Wildman–Crippen MR) is 80.7 cm³/mol. The third-order valence-electron chi connectivity index (χ3n) is 5.04. The third-order valence-corrected chi connectivity index (χ3v) is 6.37. The molecule has 7 heteroatoms. The largest absolute Gasteiger partial charge is 0.376 e. The van der Waals surface area contributed by atoms with Gasteiger partial charge in [0.25, 0.3) is 0 Å². The van der Waals surface area contributed by atoms with E-state index >= 15 is 0 Å². The second kappa shape index (κ2) is 5.46. The van der Waals surface area contributed by atoms with E-state index in [0.717, 1.165) is 12.8 Å². The SMILES string of the molecule is CC1(C)COCC(CS(=O)(=O)NC(=O)C2CC3(CCC3)C2)O1. The minimum atomic E-state index is -3.68. The molecule has 0 radical (unpaired) electrons. The predicted octanol–water partition coefficient (Wildman–Crippen LogP) is 1.21. The number of sulfonamides is 1. The Morgan fingerprint density at radius 2 is 1.95 bits per heavy atom. The molecule has 1 N–H and O–H groups in total. The monoisotopic (exact) mass is 331 g/mol. The quantitative estimate of drug-likeness (QED) is 0.837. The molecule has 1 aliphatic heterocycles. The molecule has 0 aromatic carbocycles. The number of nitrogens with one attached hydrogen (secondary N) is 1. The van der Waals surface area contributed by atoms with E-state index in [-0.39, 0.29) is 24.2 Å². The summed E-state index contributed by atoms with van der Waals surface area (Å²) in [6.45, 7) is 4.40. The van der Waals surface area contributed by atoms with Crippen LogP contribution in [-0.4, -0.2) is 45.0 Å². The van der Waals surface area contributed by atoms with Crippen LogP contribution in [0.4, 0.5) is 0 Å². The lowest BCUT2D eigenvalue weighted by Gasteiger charge is -2.53. The van der Waals surface area contributed by atoms with Crippen LogP contribution in [0.25, 0.3) is 0 Å². The second-order valence-corrected chi connectivity index (χ2v) is 9.49. The Labute approximate surface area is 132 Å². The maximum atomic E-state index is 12.1. The van der Waals surface area contributed by atoms with E-state index in [0.29, 0.717) is 12.0 Å². The van der Waals surface area contributed by atoms with Crippen molar-refractivity contribution < 1.29 is 22.7 Å². The van der Waals surface area contributed by atoms with E-state index in [1.165, 1.54) is 19.3 Å². The van der Waals surface area contributed by atoms with Crippen molar-refractivity contribution >= 4 is 15.9 Å². The van der Waals surface area contributed by atoms with Gasteiger partial charge in [0.15, 0.2) is 0 Å². The molecule has 3 rings (SSSR count). The zero-order valence-electron chi connectivity index (χ0n) is 13.3. The number of amides is 1. The summed E-state index contributed by atoms with van der Waals surface area (Å²) in [5.74, 6) is -0.733. The fourth-order valence-corrected chi connectivity index (χ4v) is 5.03. The van der Waals surface area contributed by atoms with Gasteiger partial charge in [0.1, 0.15) is 0 Å². The van der Waals surface area contributed by atoms with Gasteiger partial charge in [-0.3, -0.25) is 9.52 Å². The zero-order chi connectivity index (χ0) is 16.0. The molecule has 0 aromatic heterocycles. The van der Waals surface area contributed by atoms with Gasteiger partial charge in [-0.15, -0.1) is 0 Å². The highest BCUT2D eigenvalue weighted by molar-refractivity contribution is 7.90. The Bertz CT molecular complexity index is 544. The molecule has 0 aromatic rings. The van der Waals surface area contributed by atoms with Gasteiger partial charge in [0, 0.05) is 5.92 Å². The molecular formula is C15H25NO5S. The fourth-order valence-electron chi connectivity index (χ4n) is 3.82. The Balaban J connectivity index is 1.49. The second-order valence-electron chi connectivity index (χ2n) is 7.72. The summed E-state index contributed by atoms with van der Waals surface area (Å²) < 4.78 is 37.6. The van der Waals surface area contributed by atoms with Crippen molar-refractivity contribution in [3.63, 3.8) is 0 Å². The number of carbonyl (C=O) groups is 1. The molecule has 22 heavy (non-hydrogen) atoms. The van der Waals surface area contributed by atoms with Gasteiger partial charge in [-0.25, -0.2) is 8.42 Å². The highest BCUT2D eigenvalue weighted by atomic mass is 32.2. The van der Waals surface area contributed by atoms with Crippen molar-refractivity contribution in [2.75, 3.05) is 19.0 Å². The molecule has 1 spiro atoms. The number of rotatable bonds is 4. The third kappa shape index (κ3) is 3.46. The van der Waals surface area contributed by atoms with E-state index < -0.39 is 21.7 Å². The Morgan fingerprint density at radius 1 is 1.27 bits per heavy atom. The molecule has 3 fully saturated rings. The van der Waals surface area contributed by atoms with Gasteiger partial charge in [0.2, 0.25) is 15.9 Å². The molecule has 1 atom stereocenters. The Kier molecular flexibility index (Phi) is 4.02. The van der Waals surface area contributed by atoms with E-state index in [9.17, 15) is 13.2 Å². The van der Waals surface area contributed by atoms with Gasteiger partial charge in [-0.2, -0.15) is 0 Å². The molecule has 0 bridgehead atoms. The van der Waals surface area contributed by atoms with E-state index in [4.69, 9.17) is 9.47 Å². The average molecular weight is 331 g/mol. The molecule has 6 nitrogen and oxygen atoms in total. The van der Waals surface area contributed by atoms with Crippen LogP contribution in [0, 0.1) is 11.3 Å². The van der Waals surface area contributed by atoms with Crippen LogP contribution in [0.2, 0.25) is 0 Å². The van der Waals surface area contributed by atoms with Crippen molar-refractivity contribution in [3.8, 4) is 0 Å². The average Bonchev–Trinajstić information content (AvgIpc) is 2.21. The smallest absolute Gasteiger partial charge is 0.237 e. The highest BCUT2D eigenvalue weighted by Crippen LogP contribution is 2.58. The minimum Gasteiger partial charge on any atom is -0.376 e. The molecular weight excluding hydrogens is 306 g/mol. The number of ether oxygens (including phenoxy) is 2. The van der Waals surface area contributed by atoms with Gasteiger partial charge < -0.3 is 9.47 Å². The van der Waals surface area contributed by atoms with Crippen molar-refractivity contribution in [1.29, 1.82) is 0 Å². The molecule has 2 saturated carbocycles. The first kappa shape index (κ1) is 16.2. The van der Waals surface area contributed by atoms with Crippen LogP contribution < -0.4 is 4.72 Å². The first-order chi connectivity index (χ1) is 10.2. The lowest BCUT2D eigenvalue weighted by Crippen LogP contribution is -2.52. The molecule has 126 valence electrons. The summed E-state index contributed by atoms with van der Waals surface area (Å²) in [6, 6.07) is 0. The number of carbonyl (C=O) groups excluding carboxylic acids is 1. The standard InChI is InChI=1S/C15H25NO5S/c1-14(2)10-20-8-12(21-14)9-22(18,19)16-13(17)11-6-15(7-11)4-3-5-15/h11-12H,3-10H2,1-2H3,(H,16,17). The Morgan fingerprint density at radius 3 is 2.50 bits per heavy atom. The van der Waals surface area contributed by atoms with Crippen LogP contribution in [-0.2, 0) is 24.3 Å². The van der Waals surface area contributed by atoms with Crippen molar-refractivity contribution in [1.82, 2.24) is 4.72 Å². The Hall–Kier alpha value is -0.660. The summed E-state index contributed by atoms with van der Waals surface area (Å²) >= 11 is 0. The molecule has 1 saturated heterocycles. The van der Waals surface area contributed by atoms with Crippen LogP contribution in [0.15, 0.2) is 0 Å². The van der Waals surface area contributed by atoms with Gasteiger partial charge in [-0.05, 0) is 44.9 Å². The van der Waals surface area contributed by atoms with Crippen LogP contribution in [0.3, 0.4) is 0 Å². The van der Waals surface area contributed by atoms with Crippen molar-refractivity contribution in [2.45, 2.75) is 57.7 Å². The normalized spacial score (nSPS) is 30.4. The van der Waals surface area contributed by atoms with E-state index in [1.807, 2.05) is 13.8 Å². The first-order valence-electron chi connectivity index (χ1n) is 7.99. The summed E-state index contributed by atoms with van der Waals surface area (Å²) in [4.78, 5) is 12.1. The first-order valence-corrected chi connectivity index (χ1v) is 9.64. The fraction of sp³-hybridized carbons (Fsp3) is 0.933. The van der Waals surface area contributed by atoms with Crippen LogP contribution in [0.1, 0.15) is 46.0 Å². The summed E-state index contributed by atoms with van der Waals surface area (Å²) in [5, 5.41) is 0. The summed E-state index contributed by atoms with van der Waals surface area (Å²) in [5.41, 5.74) is -0.136. The molecule has 1 heterocycles. The maximum absolute atomic E-state index is 12.1. The van der Waals surface area contributed by atoms with Gasteiger partial charge >= 0.3 is 0 Å². The topological polar surface area (TPSA) is 81.7 Å².